The first-order valence-corrected chi connectivity index (χ1v) is 13.3. The Balaban J connectivity index is 1.53. The van der Waals surface area contributed by atoms with Crippen molar-refractivity contribution in [2.75, 3.05) is 13.6 Å². The summed E-state index contributed by atoms with van der Waals surface area (Å²) in [4.78, 5) is 43.0. The number of likely N-dealkylation sites (N-methyl/N-ethyl adjacent to an activating group) is 1. The monoisotopic (exact) mass is 504 g/mol. The number of hydrogen-bond acceptors (Lipinski definition) is 5. The quantitative estimate of drug-likeness (QED) is 0.501. The minimum atomic E-state index is -0.880. The van der Waals surface area contributed by atoms with Crippen LogP contribution in [0.3, 0.4) is 0 Å². The van der Waals surface area contributed by atoms with E-state index in [1.54, 1.807) is 7.05 Å². The number of nitriles is 1. The minimum Gasteiger partial charge on any atom is -0.445 e. The Bertz CT molecular complexity index is 1120. The van der Waals surface area contributed by atoms with Crippen LogP contribution in [0.25, 0.3) is 0 Å². The average molecular weight is 505 g/mol. The van der Waals surface area contributed by atoms with Gasteiger partial charge in [-0.3, -0.25) is 14.5 Å². The number of nitrogens with one attached hydrogen (secondary N) is 1. The van der Waals surface area contributed by atoms with Crippen molar-refractivity contribution >= 4 is 17.9 Å². The summed E-state index contributed by atoms with van der Waals surface area (Å²) in [6, 6.07) is 10.1. The Morgan fingerprint density at radius 3 is 2.78 bits per heavy atom. The van der Waals surface area contributed by atoms with E-state index >= 15 is 0 Å². The highest BCUT2D eigenvalue weighted by molar-refractivity contribution is 5.95. The first-order chi connectivity index (χ1) is 17.9. The standard InChI is InChI=1S/C29H36N4O4/c1-3-4-5-9-16-25(32(2)28(36)37-19-21-12-7-6-8-13-21)26(34)33-20-29(17-22(33)18-30)23-14-10-11-15-24(23)31-27(29)35/h6-8,11-13,15,22,25H,3-5,9-10,14,16-17,19-20H2,1-2H3,(H,31,35)/t22-,25-,29-/m0/s1. The molecule has 3 atom stereocenters. The number of carbonyl (C=O) groups excluding carboxylic acids is 3. The van der Waals surface area contributed by atoms with E-state index in [0.29, 0.717) is 6.42 Å². The lowest BCUT2D eigenvalue weighted by atomic mass is 9.76. The number of unbranched alkanes of at least 4 members (excludes halogenated alkanes) is 3. The molecule has 1 aromatic rings. The van der Waals surface area contributed by atoms with Crippen LogP contribution in [0.2, 0.25) is 0 Å². The molecule has 8 nitrogen and oxygen atoms in total. The zero-order chi connectivity index (χ0) is 26.4. The third-order valence-electron chi connectivity index (χ3n) is 7.80. The number of ether oxygens (including phenoxy) is 1. The first kappa shape index (κ1) is 26.5. The van der Waals surface area contributed by atoms with Gasteiger partial charge in [-0.25, -0.2) is 4.79 Å². The maximum absolute atomic E-state index is 14.0. The number of fused-ring (bicyclic) bond motifs is 1. The summed E-state index contributed by atoms with van der Waals surface area (Å²) in [5.41, 5.74) is 1.78. The van der Waals surface area contributed by atoms with Crippen molar-refractivity contribution in [1.29, 1.82) is 5.26 Å². The second kappa shape index (κ2) is 11.6. The molecule has 0 bridgehead atoms. The van der Waals surface area contributed by atoms with Crippen LogP contribution in [0.1, 0.15) is 63.9 Å². The van der Waals surface area contributed by atoms with Crippen molar-refractivity contribution in [2.45, 2.75) is 77.0 Å². The third-order valence-corrected chi connectivity index (χ3v) is 7.80. The van der Waals surface area contributed by atoms with Crippen LogP contribution in [0.15, 0.2) is 53.8 Å². The van der Waals surface area contributed by atoms with Crippen LogP contribution in [-0.4, -0.2) is 53.4 Å². The van der Waals surface area contributed by atoms with Crippen molar-refractivity contribution in [3.8, 4) is 6.07 Å². The van der Waals surface area contributed by atoms with E-state index in [4.69, 9.17) is 4.74 Å². The molecule has 0 unspecified atom stereocenters. The van der Waals surface area contributed by atoms with Gasteiger partial charge < -0.3 is 15.0 Å². The molecule has 2 aliphatic heterocycles. The number of benzene rings is 1. The zero-order valence-corrected chi connectivity index (χ0v) is 21.7. The summed E-state index contributed by atoms with van der Waals surface area (Å²) in [6.45, 7) is 2.38. The summed E-state index contributed by atoms with van der Waals surface area (Å²) < 4.78 is 5.52. The fourth-order valence-electron chi connectivity index (χ4n) is 5.68. The highest BCUT2D eigenvalue weighted by Gasteiger charge is 2.57. The minimum absolute atomic E-state index is 0.110. The van der Waals surface area contributed by atoms with Crippen molar-refractivity contribution < 1.29 is 19.1 Å². The highest BCUT2D eigenvalue weighted by Crippen LogP contribution is 2.48. The molecule has 1 aromatic carbocycles. The van der Waals surface area contributed by atoms with Crippen LogP contribution in [0.5, 0.6) is 0 Å². The number of likely N-dealkylation sites (tertiary alicyclic amines) is 1. The van der Waals surface area contributed by atoms with Gasteiger partial charge in [-0.15, -0.1) is 0 Å². The highest BCUT2D eigenvalue weighted by atomic mass is 16.6. The van der Waals surface area contributed by atoms with E-state index in [-0.39, 0.29) is 31.4 Å². The molecule has 4 rings (SSSR count). The molecule has 3 aliphatic rings. The Morgan fingerprint density at radius 1 is 1.27 bits per heavy atom. The molecule has 1 aliphatic carbocycles. The smallest absolute Gasteiger partial charge is 0.410 e. The van der Waals surface area contributed by atoms with Crippen molar-refractivity contribution in [3.05, 3.63) is 59.3 Å². The van der Waals surface area contributed by atoms with Crippen molar-refractivity contribution in [2.24, 2.45) is 5.41 Å². The predicted octanol–water partition coefficient (Wildman–Crippen LogP) is 4.44. The zero-order valence-electron chi connectivity index (χ0n) is 21.7. The molecule has 0 aromatic heterocycles. The molecule has 2 heterocycles. The Kier molecular flexibility index (Phi) is 8.32. The molecule has 1 N–H and O–H groups in total. The molecule has 8 heteroatoms. The fourth-order valence-corrected chi connectivity index (χ4v) is 5.68. The third kappa shape index (κ3) is 5.41. The van der Waals surface area contributed by atoms with E-state index in [9.17, 15) is 19.6 Å². The van der Waals surface area contributed by atoms with E-state index in [1.807, 2.05) is 42.5 Å². The Morgan fingerprint density at radius 2 is 2.05 bits per heavy atom. The lowest BCUT2D eigenvalue weighted by Crippen LogP contribution is -2.51. The number of nitrogens with zero attached hydrogens (tertiary/aromatic N) is 3. The van der Waals surface area contributed by atoms with Gasteiger partial charge in [0.05, 0.1) is 11.5 Å². The van der Waals surface area contributed by atoms with Gasteiger partial charge in [-0.2, -0.15) is 5.26 Å². The van der Waals surface area contributed by atoms with E-state index in [2.05, 4.69) is 18.3 Å². The van der Waals surface area contributed by atoms with Crippen molar-refractivity contribution in [1.82, 2.24) is 15.1 Å². The lowest BCUT2D eigenvalue weighted by molar-refractivity contribution is -0.137. The number of rotatable bonds is 9. The van der Waals surface area contributed by atoms with E-state index < -0.39 is 23.6 Å². The second-order valence-corrected chi connectivity index (χ2v) is 10.2. The van der Waals surface area contributed by atoms with Crippen LogP contribution in [-0.2, 0) is 20.9 Å². The largest absolute Gasteiger partial charge is 0.445 e. The fraction of sp³-hybridized carbons (Fsp3) is 0.517. The van der Waals surface area contributed by atoms with Crippen molar-refractivity contribution in [3.63, 3.8) is 0 Å². The van der Waals surface area contributed by atoms with Gasteiger partial charge >= 0.3 is 6.09 Å². The maximum Gasteiger partial charge on any atom is 0.410 e. The first-order valence-electron chi connectivity index (χ1n) is 13.3. The molecular formula is C29H36N4O4. The molecule has 0 radical (unpaired) electrons. The number of amides is 3. The molecule has 1 spiro atoms. The normalized spacial score (nSPS) is 23.0. The van der Waals surface area contributed by atoms with Crippen LogP contribution in [0.4, 0.5) is 4.79 Å². The number of allylic oxidation sites excluding steroid dienone is 2. The summed E-state index contributed by atoms with van der Waals surface area (Å²) in [7, 11) is 1.58. The molecule has 1 fully saturated rings. The van der Waals surface area contributed by atoms with Crippen LogP contribution >= 0.6 is 0 Å². The average Bonchev–Trinajstić information content (AvgIpc) is 3.45. The van der Waals surface area contributed by atoms with E-state index in [1.165, 1.54) is 9.80 Å². The number of hydrogen-bond donors (Lipinski definition) is 1. The summed E-state index contributed by atoms with van der Waals surface area (Å²) in [6.07, 6.45) is 9.50. The maximum atomic E-state index is 14.0. The summed E-state index contributed by atoms with van der Waals surface area (Å²) in [5.74, 6) is -0.443. The molecular weight excluding hydrogens is 468 g/mol. The molecule has 1 saturated heterocycles. The molecule has 196 valence electrons. The van der Waals surface area contributed by atoms with Crippen LogP contribution in [0, 0.1) is 16.7 Å². The van der Waals surface area contributed by atoms with Gasteiger partial charge in [0.15, 0.2) is 0 Å². The van der Waals surface area contributed by atoms with Gasteiger partial charge in [-0.1, -0.05) is 69.0 Å². The van der Waals surface area contributed by atoms with Gasteiger partial charge in [0.2, 0.25) is 11.8 Å². The lowest BCUT2D eigenvalue weighted by Gasteiger charge is -2.32. The SMILES string of the molecule is CCCCCC[C@@H](C(=O)N1C[C@]2(C[C@H]1C#N)C(=O)NC1=C2CCC=C1)N(C)C(=O)OCc1ccccc1. The topological polar surface area (TPSA) is 103 Å². The van der Waals surface area contributed by atoms with Crippen LogP contribution < -0.4 is 5.32 Å². The van der Waals surface area contributed by atoms with Gasteiger partial charge in [-0.05, 0) is 36.5 Å². The van der Waals surface area contributed by atoms with E-state index in [0.717, 1.165) is 55.4 Å². The molecule has 37 heavy (non-hydrogen) atoms. The van der Waals surface area contributed by atoms with Gasteiger partial charge in [0.1, 0.15) is 18.7 Å². The Labute approximate surface area is 218 Å². The Hall–Kier alpha value is -3.60. The van der Waals surface area contributed by atoms with Gasteiger partial charge in [0, 0.05) is 25.7 Å². The molecule has 0 saturated carbocycles. The number of carbonyl (C=O) groups is 3. The summed E-state index contributed by atoms with van der Waals surface area (Å²) in [5, 5.41) is 13.0. The second-order valence-electron chi connectivity index (χ2n) is 10.2. The predicted molar refractivity (Wildman–Crippen MR) is 139 cm³/mol. The molecule has 3 amide bonds. The van der Waals surface area contributed by atoms with Gasteiger partial charge in [0.25, 0.3) is 0 Å². The summed E-state index contributed by atoms with van der Waals surface area (Å²) >= 11 is 0.